The molecular formula is C20H25N3O2S2. The van der Waals surface area contributed by atoms with E-state index >= 15 is 0 Å². The fraction of sp³-hybridized carbons (Fsp3) is 0.400. The highest BCUT2D eigenvalue weighted by molar-refractivity contribution is 7.80. The molecule has 1 aliphatic rings. The molecular weight excluding hydrogens is 378 g/mol. The standard InChI is InChI=1S/C20H25N3O2S2/c1-4-25-19(24)17-15-7-5-6-8-16(15)27-18(17)22-20(26)21-13-9-11-14(12-10-13)23(2)3/h9-12H,4-8H2,1-3H3,(H2,21,22,26). The van der Waals surface area contributed by atoms with Gasteiger partial charge in [0.1, 0.15) is 5.00 Å². The van der Waals surface area contributed by atoms with Crippen LogP contribution in [-0.4, -0.2) is 31.8 Å². The zero-order valence-electron chi connectivity index (χ0n) is 15.9. The molecule has 0 aliphatic heterocycles. The first kappa shape index (κ1) is 19.6. The molecule has 0 saturated carbocycles. The van der Waals surface area contributed by atoms with Gasteiger partial charge in [-0.1, -0.05) is 0 Å². The van der Waals surface area contributed by atoms with Gasteiger partial charge in [0.2, 0.25) is 0 Å². The largest absolute Gasteiger partial charge is 0.462 e. The summed E-state index contributed by atoms with van der Waals surface area (Å²) in [5.74, 6) is -0.266. The van der Waals surface area contributed by atoms with Gasteiger partial charge in [-0.15, -0.1) is 11.3 Å². The van der Waals surface area contributed by atoms with Gasteiger partial charge in [0.05, 0.1) is 12.2 Å². The Morgan fingerprint density at radius 1 is 1.19 bits per heavy atom. The molecule has 144 valence electrons. The van der Waals surface area contributed by atoms with E-state index in [1.165, 1.54) is 4.88 Å². The highest BCUT2D eigenvalue weighted by Crippen LogP contribution is 2.38. The number of aryl methyl sites for hydroxylation is 1. The van der Waals surface area contributed by atoms with Crippen LogP contribution in [0.5, 0.6) is 0 Å². The Balaban J connectivity index is 1.77. The van der Waals surface area contributed by atoms with E-state index in [9.17, 15) is 4.79 Å². The summed E-state index contributed by atoms with van der Waals surface area (Å²) < 4.78 is 5.29. The van der Waals surface area contributed by atoms with E-state index in [2.05, 4.69) is 10.6 Å². The summed E-state index contributed by atoms with van der Waals surface area (Å²) in [6.07, 6.45) is 4.21. The van der Waals surface area contributed by atoms with E-state index < -0.39 is 0 Å². The van der Waals surface area contributed by atoms with E-state index in [-0.39, 0.29) is 5.97 Å². The average Bonchev–Trinajstić information content (AvgIpc) is 3.00. The van der Waals surface area contributed by atoms with Crippen LogP contribution in [0.25, 0.3) is 0 Å². The van der Waals surface area contributed by atoms with Gasteiger partial charge in [0, 0.05) is 30.3 Å². The maximum Gasteiger partial charge on any atom is 0.341 e. The summed E-state index contributed by atoms with van der Waals surface area (Å²) in [5, 5.41) is 7.66. The van der Waals surface area contributed by atoms with Crippen molar-refractivity contribution < 1.29 is 9.53 Å². The highest BCUT2D eigenvalue weighted by Gasteiger charge is 2.26. The number of rotatable bonds is 5. The molecule has 0 atom stereocenters. The average molecular weight is 404 g/mol. The Hall–Kier alpha value is -2.12. The van der Waals surface area contributed by atoms with Gasteiger partial charge in [-0.25, -0.2) is 4.79 Å². The second-order valence-corrected chi connectivity index (χ2v) is 8.17. The molecule has 3 rings (SSSR count). The fourth-order valence-electron chi connectivity index (χ4n) is 3.18. The molecule has 27 heavy (non-hydrogen) atoms. The number of hydrogen-bond acceptors (Lipinski definition) is 5. The second-order valence-electron chi connectivity index (χ2n) is 6.66. The van der Waals surface area contributed by atoms with Crippen LogP contribution >= 0.6 is 23.6 Å². The third kappa shape index (κ3) is 4.59. The zero-order valence-corrected chi connectivity index (χ0v) is 17.6. The summed E-state index contributed by atoms with van der Waals surface area (Å²) in [6.45, 7) is 2.19. The maximum absolute atomic E-state index is 12.5. The number of fused-ring (bicyclic) bond motifs is 1. The predicted molar refractivity (Wildman–Crippen MR) is 118 cm³/mol. The Kier molecular flexibility index (Phi) is 6.34. The van der Waals surface area contributed by atoms with E-state index in [1.807, 2.05) is 50.2 Å². The number of esters is 1. The molecule has 0 saturated heterocycles. The summed E-state index contributed by atoms with van der Waals surface area (Å²) in [6, 6.07) is 8.02. The maximum atomic E-state index is 12.5. The lowest BCUT2D eigenvalue weighted by molar-refractivity contribution is 0.0526. The quantitative estimate of drug-likeness (QED) is 0.558. The summed E-state index contributed by atoms with van der Waals surface area (Å²) in [4.78, 5) is 15.8. The van der Waals surface area contributed by atoms with Crippen molar-refractivity contribution in [2.24, 2.45) is 0 Å². The predicted octanol–water partition coefficient (Wildman–Crippen LogP) is 4.68. The lowest BCUT2D eigenvalue weighted by Gasteiger charge is -2.14. The van der Waals surface area contributed by atoms with Crippen molar-refractivity contribution in [2.45, 2.75) is 32.6 Å². The zero-order chi connectivity index (χ0) is 19.4. The lowest BCUT2D eigenvalue weighted by atomic mass is 9.95. The number of hydrogen-bond donors (Lipinski definition) is 2. The van der Waals surface area contributed by atoms with Crippen LogP contribution in [0.4, 0.5) is 16.4 Å². The molecule has 1 aliphatic carbocycles. The van der Waals surface area contributed by atoms with Crippen LogP contribution in [0, 0.1) is 0 Å². The smallest absolute Gasteiger partial charge is 0.341 e. The number of thiophene rings is 1. The molecule has 1 aromatic carbocycles. The molecule has 0 radical (unpaired) electrons. The van der Waals surface area contributed by atoms with E-state index in [4.69, 9.17) is 17.0 Å². The van der Waals surface area contributed by atoms with E-state index in [1.54, 1.807) is 11.3 Å². The first-order chi connectivity index (χ1) is 13.0. The van der Waals surface area contributed by atoms with Crippen LogP contribution in [-0.2, 0) is 17.6 Å². The number of nitrogens with zero attached hydrogens (tertiary/aromatic N) is 1. The Bertz CT molecular complexity index is 828. The van der Waals surface area contributed by atoms with Gasteiger partial charge in [-0.2, -0.15) is 0 Å². The van der Waals surface area contributed by atoms with Gasteiger partial charge < -0.3 is 20.3 Å². The third-order valence-corrected chi connectivity index (χ3v) is 5.93. The molecule has 2 N–H and O–H groups in total. The van der Waals surface area contributed by atoms with Crippen molar-refractivity contribution in [3.63, 3.8) is 0 Å². The molecule has 0 amide bonds. The molecule has 5 nitrogen and oxygen atoms in total. The number of thiocarbonyl (C=S) groups is 1. The minimum Gasteiger partial charge on any atom is -0.462 e. The molecule has 0 unspecified atom stereocenters. The van der Waals surface area contributed by atoms with Crippen LogP contribution in [0.1, 0.15) is 40.6 Å². The van der Waals surface area contributed by atoms with Gasteiger partial charge in [0.25, 0.3) is 0 Å². The van der Waals surface area contributed by atoms with Crippen LogP contribution in [0.3, 0.4) is 0 Å². The van der Waals surface area contributed by atoms with Crippen molar-refractivity contribution in [1.82, 2.24) is 0 Å². The molecule has 2 aromatic rings. The van der Waals surface area contributed by atoms with Crippen LogP contribution in [0.15, 0.2) is 24.3 Å². The highest BCUT2D eigenvalue weighted by atomic mass is 32.1. The number of carbonyl (C=O) groups is 1. The van der Waals surface area contributed by atoms with E-state index in [0.717, 1.165) is 47.6 Å². The second kappa shape index (κ2) is 8.71. The van der Waals surface area contributed by atoms with Crippen molar-refractivity contribution in [3.8, 4) is 0 Å². The van der Waals surface area contributed by atoms with Crippen LogP contribution in [0.2, 0.25) is 0 Å². The Labute approximate surface area is 169 Å². The van der Waals surface area contributed by atoms with Gasteiger partial charge >= 0.3 is 5.97 Å². The number of benzene rings is 1. The Morgan fingerprint density at radius 3 is 2.56 bits per heavy atom. The number of nitrogens with one attached hydrogen (secondary N) is 2. The summed E-state index contributed by atoms with van der Waals surface area (Å²) in [7, 11) is 4.01. The number of carbonyl (C=O) groups excluding carboxylic acids is 1. The number of anilines is 3. The molecule has 7 heteroatoms. The molecule has 0 bridgehead atoms. The Morgan fingerprint density at radius 2 is 1.89 bits per heavy atom. The minimum atomic E-state index is -0.266. The lowest BCUT2D eigenvalue weighted by Crippen LogP contribution is -2.20. The SMILES string of the molecule is CCOC(=O)c1c(NC(=S)Nc2ccc(N(C)C)cc2)sc2c1CCCC2. The fourth-order valence-corrected chi connectivity index (χ4v) is 4.75. The van der Waals surface area contributed by atoms with Gasteiger partial charge in [-0.3, -0.25) is 0 Å². The topological polar surface area (TPSA) is 53.6 Å². The molecule has 0 spiro atoms. The monoisotopic (exact) mass is 403 g/mol. The molecule has 0 fully saturated rings. The van der Waals surface area contributed by atoms with Gasteiger partial charge in [0.15, 0.2) is 5.11 Å². The van der Waals surface area contributed by atoms with Crippen molar-refractivity contribution in [3.05, 3.63) is 40.3 Å². The first-order valence-corrected chi connectivity index (χ1v) is 10.4. The first-order valence-electron chi connectivity index (χ1n) is 9.16. The summed E-state index contributed by atoms with van der Waals surface area (Å²) >= 11 is 7.09. The minimum absolute atomic E-state index is 0.266. The van der Waals surface area contributed by atoms with Crippen LogP contribution < -0.4 is 15.5 Å². The van der Waals surface area contributed by atoms with Gasteiger partial charge in [-0.05, 0) is 74.7 Å². The molecule has 1 heterocycles. The normalized spacial score (nSPS) is 12.9. The summed E-state index contributed by atoms with van der Waals surface area (Å²) in [5.41, 5.74) is 3.81. The van der Waals surface area contributed by atoms with Crippen molar-refractivity contribution in [2.75, 3.05) is 36.2 Å². The number of ether oxygens (including phenoxy) is 1. The molecule has 1 aromatic heterocycles. The third-order valence-electron chi connectivity index (χ3n) is 4.52. The van der Waals surface area contributed by atoms with Crippen molar-refractivity contribution in [1.29, 1.82) is 0 Å². The van der Waals surface area contributed by atoms with Crippen molar-refractivity contribution >= 4 is 51.0 Å². The van der Waals surface area contributed by atoms with E-state index in [0.29, 0.717) is 17.3 Å².